The average Bonchev–Trinajstić information content (AvgIpc) is 3.17. The van der Waals surface area contributed by atoms with Gasteiger partial charge in [0, 0.05) is 5.56 Å². The smallest absolute Gasteiger partial charge is 0.416 e. The van der Waals surface area contributed by atoms with Gasteiger partial charge in [0.2, 0.25) is 0 Å². The number of nitrogens with one attached hydrogen (secondary N) is 1. The van der Waals surface area contributed by atoms with Crippen LogP contribution in [0.4, 0.5) is 19.2 Å². The van der Waals surface area contributed by atoms with Gasteiger partial charge in [-0.2, -0.15) is 13.2 Å². The second kappa shape index (κ2) is 5.59. The van der Waals surface area contributed by atoms with Gasteiger partial charge in [0.05, 0.1) is 11.8 Å². The Morgan fingerprint density at radius 2 is 1.83 bits per heavy atom. The molecule has 6 nitrogen and oxygen atoms in total. The third-order valence-corrected chi connectivity index (χ3v) is 2.85. The van der Waals surface area contributed by atoms with E-state index in [4.69, 9.17) is 8.83 Å². The summed E-state index contributed by atoms with van der Waals surface area (Å²) < 4.78 is 47.6. The predicted molar refractivity (Wildman–Crippen MR) is 71.4 cm³/mol. The molecule has 9 heteroatoms. The first kappa shape index (κ1) is 14.8. The topological polar surface area (TPSA) is 81.2 Å². The molecule has 3 aromatic rings. The summed E-state index contributed by atoms with van der Waals surface area (Å²) in [6, 6.07) is 6.77. The molecule has 1 aromatic carbocycles. The highest BCUT2D eigenvalue weighted by molar-refractivity contribution is 6.03. The first-order chi connectivity index (χ1) is 10.9. The number of alkyl halides is 3. The monoisotopic (exact) mass is 323 g/mol. The Morgan fingerprint density at radius 3 is 2.43 bits per heavy atom. The molecule has 1 N–H and O–H groups in total. The van der Waals surface area contributed by atoms with Crippen molar-refractivity contribution in [3.8, 4) is 11.7 Å². The first-order valence-electron chi connectivity index (χ1n) is 6.29. The van der Waals surface area contributed by atoms with E-state index in [1.54, 1.807) is 12.1 Å². The largest absolute Gasteiger partial charge is 0.459 e. The van der Waals surface area contributed by atoms with Gasteiger partial charge >= 0.3 is 12.2 Å². The van der Waals surface area contributed by atoms with Crippen molar-refractivity contribution in [1.29, 1.82) is 0 Å². The van der Waals surface area contributed by atoms with E-state index in [1.165, 1.54) is 6.26 Å². The molecule has 3 rings (SSSR count). The highest BCUT2D eigenvalue weighted by Gasteiger charge is 2.30. The lowest BCUT2D eigenvalue weighted by atomic mass is 10.1. The number of anilines is 1. The zero-order valence-corrected chi connectivity index (χ0v) is 11.3. The zero-order chi connectivity index (χ0) is 16.4. The molecule has 0 bridgehead atoms. The number of halogens is 3. The van der Waals surface area contributed by atoms with Crippen molar-refractivity contribution in [3.63, 3.8) is 0 Å². The van der Waals surface area contributed by atoms with Crippen LogP contribution in [0.5, 0.6) is 0 Å². The maximum atomic E-state index is 12.5. The molecule has 0 aliphatic carbocycles. The molecule has 0 aliphatic heterocycles. The van der Waals surface area contributed by atoms with Gasteiger partial charge < -0.3 is 8.83 Å². The number of hydrogen-bond acceptors (Lipinski definition) is 5. The molecule has 0 fully saturated rings. The number of amides is 1. The van der Waals surface area contributed by atoms with E-state index in [1.807, 2.05) is 0 Å². The lowest BCUT2D eigenvalue weighted by Crippen LogP contribution is -2.13. The molecule has 2 aromatic heterocycles. The summed E-state index contributed by atoms with van der Waals surface area (Å²) in [4.78, 5) is 11.9. The Hall–Kier alpha value is -3.10. The van der Waals surface area contributed by atoms with Crippen molar-refractivity contribution in [2.75, 3.05) is 5.32 Å². The maximum absolute atomic E-state index is 12.5. The van der Waals surface area contributed by atoms with E-state index in [0.29, 0.717) is 5.76 Å². The summed E-state index contributed by atoms with van der Waals surface area (Å²) in [5.41, 5.74) is -0.817. The summed E-state index contributed by atoms with van der Waals surface area (Å²) >= 11 is 0. The summed E-state index contributed by atoms with van der Waals surface area (Å²) in [6.45, 7) is 0. The lowest BCUT2D eigenvalue weighted by molar-refractivity contribution is -0.137. The minimum absolute atomic E-state index is 0.0238. The Morgan fingerprint density at radius 1 is 1.09 bits per heavy atom. The minimum atomic E-state index is -4.46. The van der Waals surface area contributed by atoms with Gasteiger partial charge in [0.15, 0.2) is 5.76 Å². The maximum Gasteiger partial charge on any atom is 0.416 e. The van der Waals surface area contributed by atoms with Gasteiger partial charge in [-0.1, -0.05) is 5.10 Å². The highest BCUT2D eigenvalue weighted by Crippen LogP contribution is 2.29. The molecule has 23 heavy (non-hydrogen) atoms. The van der Waals surface area contributed by atoms with Crippen molar-refractivity contribution >= 4 is 11.9 Å². The zero-order valence-electron chi connectivity index (χ0n) is 11.3. The van der Waals surface area contributed by atoms with Crippen molar-refractivity contribution in [1.82, 2.24) is 10.2 Å². The number of furan rings is 1. The van der Waals surface area contributed by atoms with Crippen LogP contribution in [0, 0.1) is 0 Å². The van der Waals surface area contributed by atoms with Crippen LogP contribution >= 0.6 is 0 Å². The Balaban J connectivity index is 1.72. The number of rotatable bonds is 3. The predicted octanol–water partition coefficient (Wildman–Crippen LogP) is 3.60. The van der Waals surface area contributed by atoms with Gasteiger partial charge in [-0.3, -0.25) is 10.1 Å². The molecule has 0 spiro atoms. The average molecular weight is 323 g/mol. The van der Waals surface area contributed by atoms with Crippen LogP contribution in [-0.2, 0) is 6.18 Å². The third kappa shape index (κ3) is 3.23. The van der Waals surface area contributed by atoms with Crippen LogP contribution in [-0.4, -0.2) is 16.1 Å². The fraction of sp³-hybridized carbons (Fsp3) is 0.0714. The number of carbonyl (C=O) groups is 1. The van der Waals surface area contributed by atoms with Crippen LogP contribution < -0.4 is 5.32 Å². The van der Waals surface area contributed by atoms with Gasteiger partial charge in [0.1, 0.15) is 0 Å². The molecular formula is C14H8F3N3O3. The van der Waals surface area contributed by atoms with Crippen LogP contribution in [0.25, 0.3) is 11.7 Å². The van der Waals surface area contributed by atoms with E-state index in [-0.39, 0.29) is 17.5 Å². The van der Waals surface area contributed by atoms with Crippen LogP contribution in [0.15, 0.2) is 51.5 Å². The molecule has 1 amide bonds. The molecule has 0 atom stereocenters. The van der Waals surface area contributed by atoms with E-state index >= 15 is 0 Å². The fourth-order valence-electron chi connectivity index (χ4n) is 1.75. The summed E-state index contributed by atoms with van der Waals surface area (Å²) in [5, 5.41) is 9.58. The number of hydrogen-bond donors (Lipinski definition) is 1. The SMILES string of the molecule is O=C(Nc1nnc(-c2ccco2)o1)c1ccc(C(F)(F)F)cc1. The standard InChI is InChI=1S/C14H8F3N3O3/c15-14(16,17)9-5-3-8(4-6-9)11(21)18-13-20-19-12(23-13)10-2-1-7-22-10/h1-7H,(H,18,20,21). The van der Waals surface area contributed by atoms with E-state index < -0.39 is 17.6 Å². The third-order valence-electron chi connectivity index (χ3n) is 2.85. The van der Waals surface area contributed by atoms with Crippen molar-refractivity contribution in [2.24, 2.45) is 0 Å². The van der Waals surface area contributed by atoms with E-state index in [2.05, 4.69) is 15.5 Å². The molecule has 0 saturated heterocycles. The van der Waals surface area contributed by atoms with Crippen LogP contribution in [0.3, 0.4) is 0 Å². The van der Waals surface area contributed by atoms with Gasteiger partial charge in [-0.15, -0.1) is 5.10 Å². The quantitative estimate of drug-likeness (QED) is 0.796. The Labute approximate surface area is 126 Å². The minimum Gasteiger partial charge on any atom is -0.459 e. The summed E-state index contributed by atoms with van der Waals surface area (Å²) in [5.74, 6) is -0.279. The van der Waals surface area contributed by atoms with Crippen molar-refractivity contribution in [2.45, 2.75) is 6.18 Å². The summed E-state index contributed by atoms with van der Waals surface area (Å²) in [7, 11) is 0. The Kier molecular flexibility index (Phi) is 3.61. The summed E-state index contributed by atoms with van der Waals surface area (Å²) in [6.07, 6.45) is -3.04. The van der Waals surface area contributed by atoms with Crippen molar-refractivity contribution in [3.05, 3.63) is 53.8 Å². The van der Waals surface area contributed by atoms with Gasteiger partial charge in [-0.25, -0.2) is 0 Å². The number of benzene rings is 1. The molecule has 2 heterocycles. The Bertz CT molecular complexity index is 808. The van der Waals surface area contributed by atoms with Gasteiger partial charge in [-0.05, 0) is 36.4 Å². The van der Waals surface area contributed by atoms with E-state index in [0.717, 1.165) is 24.3 Å². The molecular weight excluding hydrogens is 315 g/mol. The first-order valence-corrected chi connectivity index (χ1v) is 6.29. The number of carbonyl (C=O) groups excluding carboxylic acids is 1. The second-order valence-corrected chi connectivity index (χ2v) is 4.42. The van der Waals surface area contributed by atoms with Crippen molar-refractivity contribution < 1.29 is 26.8 Å². The number of nitrogens with zero attached hydrogens (tertiary/aromatic N) is 2. The number of aromatic nitrogens is 2. The second-order valence-electron chi connectivity index (χ2n) is 4.42. The molecule has 0 radical (unpaired) electrons. The molecule has 0 saturated carbocycles. The van der Waals surface area contributed by atoms with Crippen LogP contribution in [0.1, 0.15) is 15.9 Å². The lowest BCUT2D eigenvalue weighted by Gasteiger charge is -2.06. The highest BCUT2D eigenvalue weighted by atomic mass is 19.4. The normalized spacial score (nSPS) is 11.4. The molecule has 0 unspecified atom stereocenters. The molecule has 0 aliphatic rings. The fourth-order valence-corrected chi connectivity index (χ4v) is 1.75. The van der Waals surface area contributed by atoms with Gasteiger partial charge in [0.25, 0.3) is 11.8 Å². The van der Waals surface area contributed by atoms with Crippen LogP contribution in [0.2, 0.25) is 0 Å². The van der Waals surface area contributed by atoms with E-state index in [9.17, 15) is 18.0 Å². The molecule has 118 valence electrons.